The summed E-state index contributed by atoms with van der Waals surface area (Å²) in [5, 5.41) is 0. The molecule has 1 spiro atoms. The Bertz CT molecular complexity index is 335. The number of Topliss-reactive ketones (excluding diaryl/α,β-unsaturated/α-hetero) is 1. The van der Waals surface area contributed by atoms with Crippen LogP contribution in [0.2, 0.25) is 0 Å². The van der Waals surface area contributed by atoms with E-state index in [1.54, 1.807) is 5.57 Å². The molecule has 0 bridgehead atoms. The Morgan fingerprint density at radius 1 is 1.31 bits per heavy atom. The van der Waals surface area contributed by atoms with Gasteiger partial charge in [-0.15, -0.1) is 0 Å². The van der Waals surface area contributed by atoms with E-state index in [0.717, 1.165) is 12.8 Å². The van der Waals surface area contributed by atoms with Crippen molar-refractivity contribution in [2.24, 2.45) is 17.3 Å². The Morgan fingerprint density at radius 2 is 2.00 bits per heavy atom. The van der Waals surface area contributed by atoms with E-state index in [1.165, 1.54) is 24.8 Å². The molecule has 2 aliphatic rings. The highest BCUT2D eigenvalue weighted by Gasteiger charge is 2.46. The van der Waals surface area contributed by atoms with E-state index in [4.69, 9.17) is 0 Å². The van der Waals surface area contributed by atoms with Gasteiger partial charge in [0.2, 0.25) is 0 Å². The van der Waals surface area contributed by atoms with E-state index in [-0.39, 0.29) is 0 Å². The normalized spacial score (nSPS) is 39.5. The fraction of sp³-hybridized carbons (Fsp3) is 0.800. The first kappa shape index (κ1) is 11.9. The van der Waals surface area contributed by atoms with Crippen LogP contribution in [0, 0.1) is 17.3 Å². The third-order valence-corrected chi connectivity index (χ3v) is 5.01. The average molecular weight is 220 g/mol. The summed E-state index contributed by atoms with van der Waals surface area (Å²) in [5.41, 5.74) is 3.63. The van der Waals surface area contributed by atoms with Crippen molar-refractivity contribution < 1.29 is 4.79 Å². The summed E-state index contributed by atoms with van der Waals surface area (Å²) in [6, 6.07) is 0. The molecule has 0 aromatic heterocycles. The number of hydrogen-bond acceptors (Lipinski definition) is 1. The molecule has 2 aliphatic carbocycles. The highest BCUT2D eigenvalue weighted by molar-refractivity contribution is 5.82. The molecule has 0 aromatic carbocycles. The lowest BCUT2D eigenvalue weighted by Crippen LogP contribution is -2.37. The van der Waals surface area contributed by atoms with Gasteiger partial charge in [-0.05, 0) is 50.9 Å². The van der Waals surface area contributed by atoms with Crippen LogP contribution in [-0.2, 0) is 4.79 Å². The summed E-state index contributed by atoms with van der Waals surface area (Å²) in [6.07, 6.45) is 5.79. The van der Waals surface area contributed by atoms with Crippen LogP contribution in [0.5, 0.6) is 0 Å². The Balaban J connectivity index is 2.21. The van der Waals surface area contributed by atoms with E-state index in [1.807, 2.05) is 0 Å². The Morgan fingerprint density at radius 3 is 2.56 bits per heavy atom. The minimum absolute atomic E-state index is 0.299. The van der Waals surface area contributed by atoms with E-state index in [9.17, 15) is 4.79 Å². The third-order valence-electron chi connectivity index (χ3n) is 5.01. The molecule has 3 unspecified atom stereocenters. The van der Waals surface area contributed by atoms with Gasteiger partial charge in [-0.25, -0.2) is 0 Å². The minimum Gasteiger partial charge on any atom is -0.299 e. The van der Waals surface area contributed by atoms with Crippen molar-refractivity contribution >= 4 is 5.78 Å². The highest BCUT2D eigenvalue weighted by Crippen LogP contribution is 2.55. The maximum Gasteiger partial charge on any atom is 0.136 e. The minimum atomic E-state index is 0.299. The van der Waals surface area contributed by atoms with Gasteiger partial charge in [-0.1, -0.05) is 25.0 Å². The second-order valence-corrected chi connectivity index (χ2v) is 6.32. The van der Waals surface area contributed by atoms with Crippen molar-refractivity contribution in [3.05, 3.63) is 11.1 Å². The van der Waals surface area contributed by atoms with E-state index in [0.29, 0.717) is 23.0 Å². The van der Waals surface area contributed by atoms with E-state index < -0.39 is 0 Å². The van der Waals surface area contributed by atoms with Gasteiger partial charge in [0.1, 0.15) is 5.78 Å². The zero-order valence-electron chi connectivity index (χ0n) is 11.1. The number of rotatable bonds is 0. The second-order valence-electron chi connectivity index (χ2n) is 6.32. The molecule has 0 saturated heterocycles. The van der Waals surface area contributed by atoms with Crippen molar-refractivity contribution in [3.63, 3.8) is 0 Å². The smallest absolute Gasteiger partial charge is 0.136 e. The lowest BCUT2D eigenvalue weighted by molar-refractivity contribution is -0.129. The van der Waals surface area contributed by atoms with E-state index >= 15 is 0 Å². The lowest BCUT2D eigenvalue weighted by Gasteiger charge is -2.41. The molecule has 2 saturated carbocycles. The monoisotopic (exact) mass is 220 g/mol. The number of carbonyl (C=O) groups is 1. The van der Waals surface area contributed by atoms with Gasteiger partial charge in [0, 0.05) is 12.3 Å². The van der Waals surface area contributed by atoms with Crippen LogP contribution < -0.4 is 0 Å². The van der Waals surface area contributed by atoms with Crippen LogP contribution in [0.25, 0.3) is 0 Å². The molecule has 2 fully saturated rings. The first-order valence-electron chi connectivity index (χ1n) is 6.62. The van der Waals surface area contributed by atoms with Crippen molar-refractivity contribution in [3.8, 4) is 0 Å². The second kappa shape index (κ2) is 4.01. The predicted molar refractivity (Wildman–Crippen MR) is 67.2 cm³/mol. The van der Waals surface area contributed by atoms with Gasteiger partial charge in [0.25, 0.3) is 0 Å². The van der Waals surface area contributed by atoms with Crippen molar-refractivity contribution in [2.75, 3.05) is 0 Å². The Labute approximate surface area is 99.3 Å². The SMILES string of the molecule is CC(C)=C1CCC2(C1)CC(C)C(=O)CC2C. The first-order chi connectivity index (χ1) is 7.44. The molecule has 1 heteroatoms. The molecule has 0 heterocycles. The molecule has 0 radical (unpaired) electrons. The van der Waals surface area contributed by atoms with Crippen molar-refractivity contribution in [2.45, 2.75) is 59.8 Å². The maximum absolute atomic E-state index is 11.7. The fourth-order valence-electron chi connectivity index (χ4n) is 3.67. The zero-order chi connectivity index (χ0) is 11.9. The van der Waals surface area contributed by atoms with Crippen molar-refractivity contribution in [1.29, 1.82) is 0 Å². The summed E-state index contributed by atoms with van der Waals surface area (Å²) < 4.78 is 0. The Kier molecular flexibility index (Phi) is 2.98. The summed E-state index contributed by atoms with van der Waals surface area (Å²) in [4.78, 5) is 11.7. The highest BCUT2D eigenvalue weighted by atomic mass is 16.1. The van der Waals surface area contributed by atoms with Crippen LogP contribution in [-0.4, -0.2) is 5.78 Å². The summed E-state index contributed by atoms with van der Waals surface area (Å²) >= 11 is 0. The van der Waals surface area contributed by atoms with Crippen LogP contribution in [0.3, 0.4) is 0 Å². The van der Waals surface area contributed by atoms with Gasteiger partial charge in [0.15, 0.2) is 0 Å². The average Bonchev–Trinajstić information content (AvgIpc) is 2.61. The maximum atomic E-state index is 11.7. The van der Waals surface area contributed by atoms with Gasteiger partial charge >= 0.3 is 0 Å². The fourth-order valence-corrected chi connectivity index (χ4v) is 3.67. The summed E-state index contributed by atoms with van der Waals surface area (Å²) in [7, 11) is 0. The quantitative estimate of drug-likeness (QED) is 0.561. The largest absolute Gasteiger partial charge is 0.299 e. The molecule has 0 aromatic rings. The molecule has 0 N–H and O–H groups in total. The molecule has 0 amide bonds. The molecular weight excluding hydrogens is 196 g/mol. The van der Waals surface area contributed by atoms with Crippen LogP contribution in [0.1, 0.15) is 59.8 Å². The van der Waals surface area contributed by atoms with Gasteiger partial charge in [-0.3, -0.25) is 4.79 Å². The lowest BCUT2D eigenvalue weighted by atomic mass is 9.62. The number of allylic oxidation sites excluding steroid dienone is 2. The van der Waals surface area contributed by atoms with Crippen molar-refractivity contribution in [1.82, 2.24) is 0 Å². The number of ketones is 1. The Hall–Kier alpha value is -0.590. The van der Waals surface area contributed by atoms with Crippen LogP contribution in [0.4, 0.5) is 0 Å². The topological polar surface area (TPSA) is 17.1 Å². The zero-order valence-corrected chi connectivity index (χ0v) is 11.1. The molecule has 3 atom stereocenters. The predicted octanol–water partition coefficient (Wildman–Crippen LogP) is 4.13. The molecule has 16 heavy (non-hydrogen) atoms. The molecule has 90 valence electrons. The van der Waals surface area contributed by atoms with Gasteiger partial charge in [0.05, 0.1) is 0 Å². The molecule has 0 aliphatic heterocycles. The summed E-state index contributed by atoms with van der Waals surface area (Å²) in [5.74, 6) is 1.38. The standard InChI is InChI=1S/C15H24O/c1-10(2)13-5-6-15(9-13)8-11(3)14(16)7-12(15)4/h11-12H,5-9H2,1-4H3. The molecule has 2 rings (SSSR count). The molecular formula is C15H24O. The van der Waals surface area contributed by atoms with Crippen LogP contribution in [0.15, 0.2) is 11.1 Å². The van der Waals surface area contributed by atoms with E-state index in [2.05, 4.69) is 27.7 Å². The van der Waals surface area contributed by atoms with Gasteiger partial charge in [-0.2, -0.15) is 0 Å². The number of hydrogen-bond donors (Lipinski definition) is 0. The molecule has 1 nitrogen and oxygen atoms in total. The summed E-state index contributed by atoms with van der Waals surface area (Å²) in [6.45, 7) is 8.88. The van der Waals surface area contributed by atoms with Gasteiger partial charge < -0.3 is 0 Å². The first-order valence-corrected chi connectivity index (χ1v) is 6.62. The number of carbonyl (C=O) groups excluding carboxylic acids is 1. The third kappa shape index (κ3) is 1.85. The van der Waals surface area contributed by atoms with Crippen LogP contribution >= 0.6 is 0 Å².